The van der Waals surface area contributed by atoms with Gasteiger partial charge in [-0.25, -0.2) is 0 Å². The molecule has 0 unspecified atom stereocenters. The number of hydrogen-bond donors (Lipinski definition) is 0. The molecule has 0 saturated carbocycles. The van der Waals surface area contributed by atoms with Crippen LogP contribution in [0.5, 0.6) is 0 Å². The summed E-state index contributed by atoms with van der Waals surface area (Å²) < 4.78 is 37.9. The quantitative estimate of drug-likeness (QED) is 0.476. The molecule has 3 aromatic carbocycles. The first-order valence-corrected chi connectivity index (χ1v) is 6.85. The molecule has 0 saturated heterocycles. The molecule has 0 aliphatic rings. The topological polar surface area (TPSA) is 0 Å². The van der Waals surface area contributed by atoms with E-state index in [4.69, 9.17) is 0 Å². The average Bonchev–Trinajstić information content (AvgIpc) is 2.89. The molecule has 0 spiro atoms. The minimum absolute atomic E-state index is 0. The summed E-state index contributed by atoms with van der Waals surface area (Å²) in [4.78, 5) is 0. The average molecular weight is 449 g/mol. The maximum Gasteiger partial charge on any atom is 3.00 e. The summed E-state index contributed by atoms with van der Waals surface area (Å²) in [5.74, 6) is 0. The first-order chi connectivity index (χ1) is 9.99. The molecule has 0 atom stereocenters. The molecule has 0 aliphatic carbocycles. The van der Waals surface area contributed by atoms with Gasteiger partial charge in [-0.2, -0.15) is 19.2 Å². The van der Waals surface area contributed by atoms with Gasteiger partial charge in [0.2, 0.25) is 0 Å². The summed E-state index contributed by atoms with van der Waals surface area (Å²) in [6.07, 6.45) is -3.35. The number of halogens is 5. The summed E-state index contributed by atoms with van der Waals surface area (Å²) in [6, 6.07) is 15.5. The molecule has 125 valence electrons. The van der Waals surface area contributed by atoms with Gasteiger partial charge in [0.25, 0.3) is 0 Å². The Morgan fingerprint density at radius 1 is 0.958 bits per heavy atom. The van der Waals surface area contributed by atoms with Crippen LogP contribution in [0.1, 0.15) is 18.1 Å². The van der Waals surface area contributed by atoms with E-state index in [1.165, 1.54) is 17.7 Å². The van der Waals surface area contributed by atoms with Gasteiger partial charge in [0.1, 0.15) is 0 Å². The summed E-state index contributed by atoms with van der Waals surface area (Å²) in [7, 11) is 0. The Hall–Kier alpha value is -0.697. The zero-order valence-electron chi connectivity index (χ0n) is 12.8. The smallest absolute Gasteiger partial charge is 1.00 e. The fraction of sp³-hybridized carbons (Fsp3) is 0.167. The third-order valence-electron chi connectivity index (χ3n) is 3.74. The molecule has 24 heavy (non-hydrogen) atoms. The van der Waals surface area contributed by atoms with Crippen LogP contribution in [0.25, 0.3) is 21.9 Å². The first-order valence-electron chi connectivity index (χ1n) is 6.85. The Kier molecular flexibility index (Phi) is 8.86. The Morgan fingerprint density at radius 3 is 2.12 bits per heavy atom. The molecule has 3 aromatic rings. The molecule has 0 N–H and O–H groups in total. The van der Waals surface area contributed by atoms with Crippen molar-refractivity contribution < 1.29 is 64.2 Å². The van der Waals surface area contributed by atoms with Crippen molar-refractivity contribution in [1.82, 2.24) is 0 Å². The molecule has 0 heterocycles. The first kappa shape index (κ1) is 23.3. The number of aryl methyl sites for hydroxylation is 1. The van der Waals surface area contributed by atoms with E-state index in [0.29, 0.717) is 0 Å². The number of rotatable bonds is 2. The minimum atomic E-state index is -4.29. The second kappa shape index (κ2) is 9.13. The van der Waals surface area contributed by atoms with Crippen molar-refractivity contribution in [3.05, 3.63) is 65.7 Å². The molecule has 0 aromatic heterocycles. The Balaban J connectivity index is 0.00000176. The van der Waals surface area contributed by atoms with E-state index in [0.717, 1.165) is 40.5 Å². The summed E-state index contributed by atoms with van der Waals surface area (Å²) in [6.45, 7) is 2.09. The molecule has 1 radical (unpaired) electrons. The van der Waals surface area contributed by atoms with Gasteiger partial charge < -0.3 is 24.8 Å². The normalized spacial score (nSPS) is 10.5. The van der Waals surface area contributed by atoms with Crippen LogP contribution in [0.4, 0.5) is 13.2 Å². The molecular formula is C18H14Cl2F3Zr. The van der Waals surface area contributed by atoms with E-state index in [2.05, 4.69) is 19.1 Å². The molecule has 0 nitrogen and oxygen atoms in total. The summed E-state index contributed by atoms with van der Waals surface area (Å²) >= 11 is 0. The Morgan fingerprint density at radius 2 is 1.58 bits per heavy atom. The predicted molar refractivity (Wildman–Crippen MR) is 79.4 cm³/mol. The molecule has 0 bridgehead atoms. The van der Waals surface area contributed by atoms with E-state index in [1.807, 2.05) is 18.2 Å². The third kappa shape index (κ3) is 4.68. The fourth-order valence-electron chi connectivity index (χ4n) is 2.59. The van der Waals surface area contributed by atoms with Crippen molar-refractivity contribution in [3.63, 3.8) is 0 Å². The van der Waals surface area contributed by atoms with E-state index in [-0.39, 0.29) is 51.0 Å². The van der Waals surface area contributed by atoms with Crippen molar-refractivity contribution in [2.45, 2.75) is 19.5 Å². The largest absolute Gasteiger partial charge is 3.00 e. The Labute approximate surface area is 170 Å². The van der Waals surface area contributed by atoms with Crippen molar-refractivity contribution in [1.29, 1.82) is 0 Å². The minimum Gasteiger partial charge on any atom is -1.00 e. The number of alkyl halides is 3. The van der Waals surface area contributed by atoms with E-state index in [9.17, 15) is 13.2 Å². The summed E-state index contributed by atoms with van der Waals surface area (Å²) in [5, 5.41) is 2.22. The maximum atomic E-state index is 12.6. The van der Waals surface area contributed by atoms with Gasteiger partial charge >= 0.3 is 32.4 Å². The monoisotopic (exact) mass is 447 g/mol. The summed E-state index contributed by atoms with van der Waals surface area (Å²) in [5.41, 5.74) is 2.40. The van der Waals surface area contributed by atoms with Crippen molar-refractivity contribution in [2.75, 3.05) is 0 Å². The van der Waals surface area contributed by atoms with Crippen LogP contribution in [0, 0.1) is 0 Å². The second-order valence-electron chi connectivity index (χ2n) is 5.10. The van der Waals surface area contributed by atoms with Gasteiger partial charge in [0, 0.05) is 0 Å². The van der Waals surface area contributed by atoms with Crippen LogP contribution in [0.15, 0.2) is 54.6 Å². The van der Waals surface area contributed by atoms with Crippen molar-refractivity contribution in [3.8, 4) is 11.1 Å². The number of hydrogen-bond acceptors (Lipinski definition) is 0. The molecule has 0 aliphatic heterocycles. The predicted octanol–water partition coefficient (Wildman–Crippen LogP) is -0.188. The molecule has 0 amide bonds. The number of fused-ring (bicyclic) bond motifs is 1. The van der Waals surface area contributed by atoms with Gasteiger partial charge in [-0.1, -0.05) is 30.7 Å². The third-order valence-corrected chi connectivity index (χ3v) is 3.74. The molecule has 6 heteroatoms. The molecule has 0 fully saturated rings. The zero-order valence-corrected chi connectivity index (χ0v) is 16.8. The van der Waals surface area contributed by atoms with Gasteiger partial charge in [0.05, 0.1) is 5.56 Å². The van der Waals surface area contributed by atoms with Crippen LogP contribution < -0.4 is 24.8 Å². The van der Waals surface area contributed by atoms with Crippen LogP contribution >= 0.6 is 0 Å². The second-order valence-corrected chi connectivity index (χ2v) is 5.10. The van der Waals surface area contributed by atoms with Gasteiger partial charge in [-0.15, -0.1) is 34.5 Å². The van der Waals surface area contributed by atoms with E-state index < -0.39 is 11.7 Å². The van der Waals surface area contributed by atoms with Crippen LogP contribution in [0.2, 0.25) is 0 Å². The van der Waals surface area contributed by atoms with Gasteiger partial charge in [-0.05, 0) is 24.1 Å². The zero-order chi connectivity index (χ0) is 15.0. The molecule has 3 rings (SSSR count). The van der Waals surface area contributed by atoms with E-state index in [1.54, 1.807) is 0 Å². The van der Waals surface area contributed by atoms with E-state index >= 15 is 0 Å². The SMILES string of the molecule is CCc1cc2c(-c3ccc(C(F)(F)F)cc3)cccc2[cH-]1.[Cl-].[Cl-].[Zr+3]. The number of benzene rings is 2. The van der Waals surface area contributed by atoms with Crippen LogP contribution in [-0.4, -0.2) is 0 Å². The van der Waals surface area contributed by atoms with Crippen LogP contribution in [-0.2, 0) is 38.8 Å². The Bertz CT molecular complexity index is 777. The van der Waals surface area contributed by atoms with Gasteiger partial charge in [0.15, 0.2) is 0 Å². The fourth-order valence-corrected chi connectivity index (χ4v) is 2.59. The standard InChI is InChI=1S/C18H14F3.2ClH.Zr/c1-2-12-10-14-4-3-5-16(17(14)11-12)13-6-8-15(9-7-13)18(19,20)21;;;/h3-11H,2H2,1H3;2*1H;/q-1;;;+3/p-2. The maximum absolute atomic E-state index is 12.6. The molecular weight excluding hydrogens is 435 g/mol. The van der Waals surface area contributed by atoms with Crippen molar-refractivity contribution >= 4 is 10.8 Å². The van der Waals surface area contributed by atoms with Crippen molar-refractivity contribution in [2.24, 2.45) is 0 Å². The van der Waals surface area contributed by atoms with Gasteiger partial charge in [-0.3, -0.25) is 0 Å². The van der Waals surface area contributed by atoms with Crippen LogP contribution in [0.3, 0.4) is 0 Å².